The molecule has 2 aromatic heterocycles. The molecule has 0 bridgehead atoms. The first-order valence-corrected chi connectivity index (χ1v) is 10.2. The van der Waals surface area contributed by atoms with E-state index in [9.17, 15) is 13.2 Å². The third kappa shape index (κ3) is 4.87. The summed E-state index contributed by atoms with van der Waals surface area (Å²) in [6.07, 6.45) is 0.213. The molecule has 33 heavy (non-hydrogen) atoms. The predicted octanol–water partition coefficient (Wildman–Crippen LogP) is 3.63. The highest BCUT2D eigenvalue weighted by molar-refractivity contribution is 7.95. The summed E-state index contributed by atoms with van der Waals surface area (Å²) in [7, 11) is 1.71. The number of aryl methyl sites for hydroxylation is 1. The predicted molar refractivity (Wildman–Crippen MR) is 114 cm³/mol. The smallest absolute Gasteiger partial charge is 0.416 e. The maximum absolute atomic E-state index is 12.7. The van der Waals surface area contributed by atoms with Crippen LogP contribution in [0.4, 0.5) is 13.2 Å². The van der Waals surface area contributed by atoms with Crippen molar-refractivity contribution in [2.75, 3.05) is 0 Å². The van der Waals surface area contributed by atoms with Gasteiger partial charge in [0, 0.05) is 30.6 Å². The van der Waals surface area contributed by atoms with Gasteiger partial charge in [-0.05, 0) is 30.3 Å². The van der Waals surface area contributed by atoms with Crippen LogP contribution in [0.5, 0.6) is 5.75 Å². The van der Waals surface area contributed by atoms with E-state index >= 15 is 0 Å². The van der Waals surface area contributed by atoms with Crippen LogP contribution in [0.3, 0.4) is 0 Å². The molecule has 3 aromatic rings. The number of ether oxygens (including phenoxy) is 1. The molecule has 0 aliphatic carbocycles. The van der Waals surface area contributed by atoms with E-state index in [0.717, 1.165) is 24.2 Å². The summed E-state index contributed by atoms with van der Waals surface area (Å²) in [5.74, 6) is 0.522. The average Bonchev–Trinajstić information content (AvgIpc) is 3.43. The molecule has 1 aliphatic heterocycles. The first kappa shape index (κ1) is 22.5. The largest absolute Gasteiger partial charge is 0.487 e. The number of pyridine rings is 1. The van der Waals surface area contributed by atoms with Gasteiger partial charge in [-0.25, -0.2) is 4.99 Å². The summed E-state index contributed by atoms with van der Waals surface area (Å²) in [6.45, 7) is 0.0372. The Balaban J connectivity index is 1.51. The highest BCUT2D eigenvalue weighted by atomic mass is 32.2. The van der Waals surface area contributed by atoms with Gasteiger partial charge in [0.15, 0.2) is 11.2 Å². The molecule has 0 radical (unpaired) electrons. The number of hydrogen-bond acceptors (Lipinski definition) is 8. The highest BCUT2D eigenvalue weighted by Gasteiger charge is 2.30. The van der Waals surface area contributed by atoms with E-state index in [-0.39, 0.29) is 18.2 Å². The van der Waals surface area contributed by atoms with Crippen LogP contribution in [0.15, 0.2) is 59.1 Å². The monoisotopic (exact) mass is 478 g/mol. The fraction of sp³-hybridized carbons (Fsp3) is 0.200. The van der Waals surface area contributed by atoms with E-state index < -0.39 is 17.1 Å². The van der Waals surface area contributed by atoms with Gasteiger partial charge in [-0.1, -0.05) is 5.16 Å². The van der Waals surface area contributed by atoms with Crippen molar-refractivity contribution in [2.45, 2.75) is 18.2 Å². The van der Waals surface area contributed by atoms with Crippen LogP contribution in [0.2, 0.25) is 0 Å². The zero-order chi connectivity index (χ0) is 23.6. The molecule has 1 aromatic carbocycles. The molecule has 0 saturated heterocycles. The van der Waals surface area contributed by atoms with Gasteiger partial charge in [0.1, 0.15) is 12.4 Å². The van der Waals surface area contributed by atoms with Gasteiger partial charge in [-0.15, -0.1) is 0 Å². The second kappa shape index (κ2) is 9.02. The standard InChI is InChI=1S/C20H17F3N6O3S/c1-29-16(10-31-14-4-2-13(3-5-14)20(21,22)23)15(9-26-29)18-27-19(33-32-18)12-6-11(7-25-8-12)17(24)28-30/h2-9,19,30H,10H2,1H3,(H2,24,28). The normalized spacial score (nSPS) is 16.4. The summed E-state index contributed by atoms with van der Waals surface area (Å²) < 4.78 is 51.1. The zero-order valence-electron chi connectivity index (χ0n) is 17.0. The molecular formula is C20H17F3N6O3S. The van der Waals surface area contributed by atoms with Crippen LogP contribution in [-0.4, -0.2) is 31.7 Å². The van der Waals surface area contributed by atoms with Crippen LogP contribution in [-0.2, 0) is 24.0 Å². The van der Waals surface area contributed by atoms with Crippen molar-refractivity contribution in [1.82, 2.24) is 14.8 Å². The Bertz CT molecular complexity index is 1210. The number of hydrogen-bond donors (Lipinski definition) is 2. The number of amidine groups is 1. The summed E-state index contributed by atoms with van der Waals surface area (Å²) in [6, 6.07) is 6.13. The molecule has 3 heterocycles. The van der Waals surface area contributed by atoms with Crippen molar-refractivity contribution in [3.63, 3.8) is 0 Å². The first-order chi connectivity index (χ1) is 15.8. The molecule has 13 heteroatoms. The highest BCUT2D eigenvalue weighted by Crippen LogP contribution is 2.38. The van der Waals surface area contributed by atoms with E-state index in [1.54, 1.807) is 30.2 Å². The SMILES string of the molecule is Cn1ncc(C2=NC(c3cncc(C(N)=NO)c3)SO2)c1COc1ccc(C(F)(F)F)cc1. The summed E-state index contributed by atoms with van der Waals surface area (Å²) in [5.41, 5.74) is 7.20. The second-order valence-electron chi connectivity index (χ2n) is 6.90. The lowest BCUT2D eigenvalue weighted by Crippen LogP contribution is -2.13. The number of alkyl halides is 3. The number of aliphatic imine (C=N–C) groups is 1. The lowest BCUT2D eigenvalue weighted by molar-refractivity contribution is -0.137. The van der Waals surface area contributed by atoms with Crippen LogP contribution in [0.25, 0.3) is 0 Å². The van der Waals surface area contributed by atoms with Crippen LogP contribution in [0.1, 0.15) is 33.3 Å². The minimum absolute atomic E-state index is 0.0372. The number of nitrogens with two attached hydrogens (primary N) is 1. The second-order valence-corrected chi connectivity index (χ2v) is 7.70. The third-order valence-corrected chi connectivity index (χ3v) is 5.56. The molecule has 3 N–H and O–H groups in total. The molecule has 1 atom stereocenters. The van der Waals surface area contributed by atoms with Crippen molar-refractivity contribution in [3.8, 4) is 5.75 Å². The van der Waals surface area contributed by atoms with Crippen molar-refractivity contribution in [2.24, 2.45) is 22.9 Å². The van der Waals surface area contributed by atoms with Crippen LogP contribution < -0.4 is 10.5 Å². The van der Waals surface area contributed by atoms with Crippen LogP contribution in [0, 0.1) is 0 Å². The Hall–Kier alpha value is -3.74. The average molecular weight is 478 g/mol. The minimum atomic E-state index is -4.41. The van der Waals surface area contributed by atoms with Gasteiger partial charge in [-0.3, -0.25) is 9.67 Å². The fourth-order valence-corrected chi connectivity index (χ4v) is 3.67. The molecule has 0 saturated carbocycles. The van der Waals surface area contributed by atoms with Gasteiger partial charge in [0.05, 0.1) is 35.1 Å². The summed E-state index contributed by atoms with van der Waals surface area (Å²) in [5, 5.41) is 15.6. The maximum atomic E-state index is 12.7. The number of aromatic nitrogens is 3. The number of halogens is 3. The summed E-state index contributed by atoms with van der Waals surface area (Å²) in [4.78, 5) is 8.65. The number of benzene rings is 1. The van der Waals surface area contributed by atoms with E-state index in [1.165, 1.54) is 18.3 Å². The maximum Gasteiger partial charge on any atom is 0.416 e. The molecule has 172 valence electrons. The molecule has 0 amide bonds. The Kier molecular flexibility index (Phi) is 6.14. The molecule has 0 fully saturated rings. The number of nitrogens with zero attached hydrogens (tertiary/aromatic N) is 5. The molecule has 9 nitrogen and oxygen atoms in total. The Labute approximate surface area is 189 Å². The minimum Gasteiger partial charge on any atom is -0.487 e. The topological polar surface area (TPSA) is 120 Å². The quantitative estimate of drug-likeness (QED) is 0.182. The van der Waals surface area contributed by atoms with Crippen molar-refractivity contribution in [1.29, 1.82) is 0 Å². The first-order valence-electron chi connectivity index (χ1n) is 9.41. The lowest BCUT2D eigenvalue weighted by Gasteiger charge is -2.10. The molecule has 0 spiro atoms. The van der Waals surface area contributed by atoms with Crippen molar-refractivity contribution in [3.05, 3.63) is 76.9 Å². The zero-order valence-corrected chi connectivity index (χ0v) is 17.8. The molecule has 4 rings (SSSR count). The van der Waals surface area contributed by atoms with Gasteiger partial charge >= 0.3 is 6.18 Å². The third-order valence-electron chi connectivity index (χ3n) is 4.75. The number of rotatable bonds is 6. The summed E-state index contributed by atoms with van der Waals surface area (Å²) >= 11 is 1.09. The van der Waals surface area contributed by atoms with E-state index in [0.29, 0.717) is 28.3 Å². The number of oxime groups is 1. The van der Waals surface area contributed by atoms with Gasteiger partial charge in [-0.2, -0.15) is 18.3 Å². The van der Waals surface area contributed by atoms with Gasteiger partial charge in [0.2, 0.25) is 5.90 Å². The van der Waals surface area contributed by atoms with Crippen LogP contribution >= 0.6 is 12.0 Å². The Morgan fingerprint density at radius 1 is 1.27 bits per heavy atom. The van der Waals surface area contributed by atoms with Gasteiger partial charge < -0.3 is 19.9 Å². The molecular weight excluding hydrogens is 461 g/mol. The lowest BCUT2D eigenvalue weighted by atomic mass is 10.2. The molecule has 1 aliphatic rings. The van der Waals surface area contributed by atoms with E-state index in [4.69, 9.17) is 19.9 Å². The van der Waals surface area contributed by atoms with Crippen molar-refractivity contribution < 1.29 is 27.3 Å². The Morgan fingerprint density at radius 3 is 2.73 bits per heavy atom. The Morgan fingerprint density at radius 2 is 2.03 bits per heavy atom. The van der Waals surface area contributed by atoms with E-state index in [1.807, 2.05) is 0 Å². The van der Waals surface area contributed by atoms with Gasteiger partial charge in [0.25, 0.3) is 0 Å². The molecule has 1 unspecified atom stereocenters. The van der Waals surface area contributed by atoms with Crippen molar-refractivity contribution >= 4 is 23.8 Å². The van der Waals surface area contributed by atoms with E-state index in [2.05, 4.69) is 20.2 Å². The fourth-order valence-electron chi connectivity index (χ4n) is 2.98.